The first-order chi connectivity index (χ1) is 10.7. The predicted molar refractivity (Wildman–Crippen MR) is 89.8 cm³/mol. The lowest BCUT2D eigenvalue weighted by Gasteiger charge is -2.15. The molecule has 0 aliphatic heterocycles. The van der Waals surface area contributed by atoms with Crippen molar-refractivity contribution in [2.75, 3.05) is 5.32 Å². The van der Waals surface area contributed by atoms with E-state index < -0.39 is 6.10 Å². The number of amides is 1. The van der Waals surface area contributed by atoms with Gasteiger partial charge in [0.25, 0.3) is 5.91 Å². The van der Waals surface area contributed by atoms with E-state index in [0.717, 1.165) is 16.9 Å². The molecule has 23 heavy (non-hydrogen) atoms. The second-order valence-electron chi connectivity index (χ2n) is 6.84. The van der Waals surface area contributed by atoms with Gasteiger partial charge in [-0.15, -0.1) is 0 Å². The molecule has 0 saturated heterocycles. The van der Waals surface area contributed by atoms with Gasteiger partial charge in [0.15, 0.2) is 11.9 Å². The Morgan fingerprint density at radius 3 is 2.52 bits per heavy atom. The van der Waals surface area contributed by atoms with Crippen LogP contribution in [-0.2, 0) is 10.2 Å². The normalized spacial score (nSPS) is 12.8. The van der Waals surface area contributed by atoms with Crippen LogP contribution in [0.1, 0.15) is 44.6 Å². The molecule has 0 radical (unpaired) electrons. The van der Waals surface area contributed by atoms with E-state index in [0.29, 0.717) is 11.6 Å². The van der Waals surface area contributed by atoms with Crippen molar-refractivity contribution in [1.29, 1.82) is 0 Å². The van der Waals surface area contributed by atoms with Gasteiger partial charge in [-0.2, -0.15) is 0 Å². The van der Waals surface area contributed by atoms with Crippen molar-refractivity contribution in [2.24, 2.45) is 0 Å². The average Bonchev–Trinajstić information content (AvgIpc) is 2.90. The molecule has 1 N–H and O–H groups in total. The Labute approximate surface area is 137 Å². The summed E-state index contributed by atoms with van der Waals surface area (Å²) in [6.07, 6.45) is -0.633. The van der Waals surface area contributed by atoms with Gasteiger partial charge >= 0.3 is 0 Å². The topological polar surface area (TPSA) is 64.4 Å². The van der Waals surface area contributed by atoms with Gasteiger partial charge in [0.2, 0.25) is 0 Å². The van der Waals surface area contributed by atoms with Gasteiger partial charge in [0.1, 0.15) is 11.5 Å². The Hall–Kier alpha value is -2.30. The molecule has 2 rings (SSSR count). The van der Waals surface area contributed by atoms with Crippen molar-refractivity contribution < 1.29 is 14.1 Å². The summed E-state index contributed by atoms with van der Waals surface area (Å²) in [6.45, 7) is 11.7. The van der Waals surface area contributed by atoms with E-state index in [1.807, 2.05) is 52.8 Å². The Bertz CT molecular complexity index is 699. The second-order valence-corrected chi connectivity index (χ2v) is 6.84. The minimum Gasteiger partial charge on any atom is -0.481 e. The molecule has 124 valence electrons. The predicted octanol–water partition coefficient (Wildman–Crippen LogP) is 3.99. The summed E-state index contributed by atoms with van der Waals surface area (Å²) >= 11 is 0. The van der Waals surface area contributed by atoms with Gasteiger partial charge in [0, 0.05) is 11.5 Å². The lowest BCUT2D eigenvalue weighted by molar-refractivity contribution is -0.122. The molecule has 1 atom stereocenters. The van der Waals surface area contributed by atoms with E-state index in [2.05, 4.69) is 10.5 Å². The minimum absolute atomic E-state index is 0.156. The van der Waals surface area contributed by atoms with Crippen LogP contribution >= 0.6 is 0 Å². The molecule has 0 bridgehead atoms. The maximum atomic E-state index is 12.2. The molecule has 1 aromatic heterocycles. The third-order valence-corrected chi connectivity index (χ3v) is 3.50. The molecule has 1 amide bonds. The average molecular weight is 316 g/mol. The summed E-state index contributed by atoms with van der Waals surface area (Å²) in [5.74, 6) is 1.55. The molecule has 1 heterocycles. The molecule has 0 aliphatic rings. The number of rotatable bonds is 4. The summed E-state index contributed by atoms with van der Waals surface area (Å²) in [7, 11) is 0. The highest BCUT2D eigenvalue weighted by Gasteiger charge is 2.22. The number of benzene rings is 1. The molecule has 5 heteroatoms. The number of carbonyl (C=O) groups excluding carboxylic acids is 1. The summed E-state index contributed by atoms with van der Waals surface area (Å²) in [5.41, 5.74) is 2.00. The van der Waals surface area contributed by atoms with Crippen LogP contribution < -0.4 is 10.1 Å². The Morgan fingerprint density at radius 2 is 1.96 bits per heavy atom. The van der Waals surface area contributed by atoms with Crippen LogP contribution in [-0.4, -0.2) is 17.2 Å². The van der Waals surface area contributed by atoms with Crippen LogP contribution in [0.2, 0.25) is 0 Å². The number of carbonyl (C=O) groups is 1. The highest BCUT2D eigenvalue weighted by atomic mass is 16.5. The van der Waals surface area contributed by atoms with Gasteiger partial charge in [-0.1, -0.05) is 43.6 Å². The summed E-state index contributed by atoms with van der Waals surface area (Å²) in [6, 6.07) is 7.59. The molecule has 0 unspecified atom stereocenters. The fraction of sp³-hybridized carbons (Fsp3) is 0.444. The van der Waals surface area contributed by atoms with Gasteiger partial charge in [0.05, 0.1) is 0 Å². The third-order valence-electron chi connectivity index (χ3n) is 3.50. The monoisotopic (exact) mass is 316 g/mol. The zero-order valence-electron chi connectivity index (χ0n) is 14.6. The Morgan fingerprint density at radius 1 is 1.26 bits per heavy atom. The lowest BCUT2D eigenvalue weighted by atomic mass is 9.93. The molecule has 0 saturated carbocycles. The number of nitrogens with zero attached hydrogens (tertiary/aromatic N) is 1. The van der Waals surface area contributed by atoms with Crippen molar-refractivity contribution in [2.45, 2.75) is 53.1 Å². The fourth-order valence-electron chi connectivity index (χ4n) is 2.09. The van der Waals surface area contributed by atoms with E-state index in [1.54, 1.807) is 13.0 Å². The van der Waals surface area contributed by atoms with Crippen molar-refractivity contribution in [3.63, 3.8) is 0 Å². The van der Waals surface area contributed by atoms with E-state index in [9.17, 15) is 4.79 Å². The van der Waals surface area contributed by atoms with E-state index in [-0.39, 0.29) is 11.3 Å². The van der Waals surface area contributed by atoms with Crippen LogP contribution in [0.15, 0.2) is 28.8 Å². The summed E-state index contributed by atoms with van der Waals surface area (Å²) in [4.78, 5) is 12.2. The quantitative estimate of drug-likeness (QED) is 0.926. The van der Waals surface area contributed by atoms with Crippen molar-refractivity contribution in [1.82, 2.24) is 5.16 Å². The first kappa shape index (κ1) is 17.1. The molecule has 0 fully saturated rings. The molecule has 2 aromatic rings. The van der Waals surface area contributed by atoms with Gasteiger partial charge in [-0.25, -0.2) is 0 Å². The number of anilines is 1. The van der Waals surface area contributed by atoms with E-state index >= 15 is 0 Å². The van der Waals surface area contributed by atoms with Crippen molar-refractivity contribution in [3.8, 4) is 5.75 Å². The molecular formula is C18H24N2O3. The maximum Gasteiger partial charge on any atom is 0.266 e. The van der Waals surface area contributed by atoms with Crippen LogP contribution in [0.3, 0.4) is 0 Å². The number of hydrogen-bond acceptors (Lipinski definition) is 4. The highest BCUT2D eigenvalue weighted by Crippen LogP contribution is 2.25. The van der Waals surface area contributed by atoms with Crippen molar-refractivity contribution >= 4 is 11.7 Å². The fourth-order valence-corrected chi connectivity index (χ4v) is 2.09. The van der Waals surface area contributed by atoms with E-state index in [4.69, 9.17) is 9.26 Å². The van der Waals surface area contributed by atoms with Crippen LogP contribution in [0.5, 0.6) is 5.75 Å². The van der Waals surface area contributed by atoms with Crippen LogP contribution in [0.4, 0.5) is 5.82 Å². The minimum atomic E-state index is -0.633. The van der Waals surface area contributed by atoms with E-state index in [1.165, 1.54) is 0 Å². The second kappa shape index (κ2) is 6.44. The summed E-state index contributed by atoms with van der Waals surface area (Å²) in [5, 5.41) is 6.60. The lowest BCUT2D eigenvalue weighted by Crippen LogP contribution is -2.30. The van der Waals surface area contributed by atoms with Gasteiger partial charge < -0.3 is 14.6 Å². The molecular weight excluding hydrogens is 292 g/mol. The first-order valence-corrected chi connectivity index (χ1v) is 7.69. The summed E-state index contributed by atoms with van der Waals surface area (Å²) < 4.78 is 11.0. The number of aromatic nitrogens is 1. The number of ether oxygens (including phenoxy) is 1. The maximum absolute atomic E-state index is 12.2. The van der Waals surface area contributed by atoms with Crippen molar-refractivity contribution in [3.05, 3.63) is 41.2 Å². The number of aryl methyl sites for hydroxylation is 2. The molecule has 1 aromatic carbocycles. The Balaban J connectivity index is 2.01. The molecule has 5 nitrogen and oxygen atoms in total. The first-order valence-electron chi connectivity index (χ1n) is 7.69. The van der Waals surface area contributed by atoms with Crippen LogP contribution in [0, 0.1) is 13.8 Å². The molecule has 0 aliphatic carbocycles. The molecule has 0 spiro atoms. The Kier molecular flexibility index (Phi) is 4.78. The zero-order chi connectivity index (χ0) is 17.2. The highest BCUT2D eigenvalue weighted by molar-refractivity contribution is 5.93. The smallest absolute Gasteiger partial charge is 0.266 e. The number of nitrogens with one attached hydrogen (secondary N) is 1. The number of hydrogen-bond donors (Lipinski definition) is 1. The standard InChI is InChI=1S/C18H24N2O3/c1-11-7-8-14(12(2)9-11)22-13(3)17(21)19-16-10-15(23-20-16)18(4,5)6/h7-10,13H,1-6H3,(H,19,20,21)/t13-/m1/s1. The van der Waals surface area contributed by atoms with Gasteiger partial charge in [-0.3, -0.25) is 4.79 Å². The SMILES string of the molecule is Cc1ccc(O[C@H](C)C(=O)Nc2cc(C(C)(C)C)on2)c(C)c1. The third kappa shape index (κ3) is 4.34. The van der Waals surface area contributed by atoms with Gasteiger partial charge in [-0.05, 0) is 32.4 Å². The van der Waals surface area contributed by atoms with Crippen LogP contribution in [0.25, 0.3) is 0 Å². The zero-order valence-corrected chi connectivity index (χ0v) is 14.6. The largest absolute Gasteiger partial charge is 0.481 e.